The number of thiazole rings is 1. The van der Waals surface area contributed by atoms with Gasteiger partial charge in [0, 0.05) is 30.5 Å². The number of amides is 1. The first-order valence-corrected chi connectivity index (χ1v) is 7.75. The number of halogens is 4. The van der Waals surface area contributed by atoms with Crippen molar-refractivity contribution in [2.45, 2.75) is 19.0 Å². The molecular weight excluding hydrogens is 363 g/mol. The molecule has 0 aliphatic rings. The van der Waals surface area contributed by atoms with Crippen LogP contribution in [0.3, 0.4) is 0 Å². The third kappa shape index (κ3) is 6.10. The Morgan fingerprint density at radius 3 is 2.75 bits per heavy atom. The molecule has 0 radical (unpaired) electrons. The molecule has 132 valence electrons. The molecule has 2 rings (SSSR count). The van der Waals surface area contributed by atoms with Gasteiger partial charge in [-0.15, -0.1) is 23.7 Å². The number of aromatic nitrogens is 1. The number of anilines is 1. The van der Waals surface area contributed by atoms with Gasteiger partial charge in [0.2, 0.25) is 5.91 Å². The van der Waals surface area contributed by atoms with Crippen LogP contribution in [0.2, 0.25) is 0 Å². The highest BCUT2D eigenvalue weighted by molar-refractivity contribution is 7.15. The summed E-state index contributed by atoms with van der Waals surface area (Å²) in [5.41, 5.74) is -0.114. The van der Waals surface area contributed by atoms with Gasteiger partial charge in [0.25, 0.3) is 0 Å². The fraction of sp³-hybridized carbons (Fsp3) is 0.333. The fourth-order valence-corrected chi connectivity index (χ4v) is 2.79. The van der Waals surface area contributed by atoms with Crippen LogP contribution in [0.5, 0.6) is 0 Å². The van der Waals surface area contributed by atoms with Crippen LogP contribution in [-0.4, -0.2) is 24.5 Å². The summed E-state index contributed by atoms with van der Waals surface area (Å²) in [4.78, 5) is 16.4. The summed E-state index contributed by atoms with van der Waals surface area (Å²) in [6.07, 6.45) is -2.11. The van der Waals surface area contributed by atoms with Gasteiger partial charge in [-0.25, -0.2) is 4.98 Å². The van der Waals surface area contributed by atoms with Crippen molar-refractivity contribution >= 4 is 34.8 Å². The van der Waals surface area contributed by atoms with Crippen molar-refractivity contribution in [3.63, 3.8) is 0 Å². The molecule has 0 spiro atoms. The second kappa shape index (κ2) is 9.00. The molecule has 1 amide bonds. The van der Waals surface area contributed by atoms with Crippen molar-refractivity contribution in [1.82, 2.24) is 10.3 Å². The highest BCUT2D eigenvalue weighted by atomic mass is 35.5. The van der Waals surface area contributed by atoms with Crippen LogP contribution < -0.4 is 10.6 Å². The molecule has 4 nitrogen and oxygen atoms in total. The maximum atomic E-state index is 12.7. The standard InChI is InChI=1S/C15H16F3N3OS.ClH/c1-19-6-5-13(22)21-14-20-9-12(23-14)8-10-3-2-4-11(7-10)15(16,17)18;/h2-4,7,9,19H,5-6,8H2,1H3,(H,20,21,22);1H. The molecule has 0 saturated carbocycles. The van der Waals surface area contributed by atoms with E-state index in [9.17, 15) is 18.0 Å². The Balaban J connectivity index is 0.00000288. The first-order valence-electron chi connectivity index (χ1n) is 6.94. The summed E-state index contributed by atoms with van der Waals surface area (Å²) in [7, 11) is 1.75. The number of nitrogens with zero attached hydrogens (tertiary/aromatic N) is 1. The molecule has 1 heterocycles. The smallest absolute Gasteiger partial charge is 0.319 e. The molecule has 2 N–H and O–H groups in total. The molecule has 0 aliphatic heterocycles. The average Bonchev–Trinajstić information content (AvgIpc) is 2.91. The predicted molar refractivity (Wildman–Crippen MR) is 90.8 cm³/mol. The number of hydrogen-bond acceptors (Lipinski definition) is 4. The zero-order chi connectivity index (χ0) is 16.9. The van der Waals surface area contributed by atoms with Crippen LogP contribution >= 0.6 is 23.7 Å². The molecule has 0 saturated heterocycles. The van der Waals surface area contributed by atoms with Crippen LogP contribution in [0.1, 0.15) is 22.4 Å². The summed E-state index contributed by atoms with van der Waals surface area (Å²) < 4.78 is 38.1. The lowest BCUT2D eigenvalue weighted by molar-refractivity contribution is -0.137. The Kier molecular flexibility index (Phi) is 7.65. The summed E-state index contributed by atoms with van der Waals surface area (Å²) in [5.74, 6) is -0.153. The quantitative estimate of drug-likeness (QED) is 0.804. The molecule has 0 bridgehead atoms. The molecular formula is C15H17ClF3N3OS. The zero-order valence-electron chi connectivity index (χ0n) is 12.8. The van der Waals surface area contributed by atoms with Crippen LogP contribution in [-0.2, 0) is 17.4 Å². The van der Waals surface area contributed by atoms with E-state index >= 15 is 0 Å². The van der Waals surface area contributed by atoms with Gasteiger partial charge < -0.3 is 10.6 Å². The Morgan fingerprint density at radius 2 is 2.08 bits per heavy atom. The van der Waals surface area contributed by atoms with Gasteiger partial charge in [0.05, 0.1) is 5.56 Å². The van der Waals surface area contributed by atoms with Gasteiger partial charge in [-0.3, -0.25) is 4.79 Å². The number of nitrogens with one attached hydrogen (secondary N) is 2. The summed E-state index contributed by atoms with van der Waals surface area (Å²) in [6.45, 7) is 0.564. The zero-order valence-corrected chi connectivity index (χ0v) is 14.4. The number of hydrogen-bond donors (Lipinski definition) is 2. The van der Waals surface area contributed by atoms with Crippen molar-refractivity contribution in [1.29, 1.82) is 0 Å². The van der Waals surface area contributed by atoms with Crippen molar-refractivity contribution < 1.29 is 18.0 Å². The van der Waals surface area contributed by atoms with Crippen LogP contribution in [0.4, 0.5) is 18.3 Å². The predicted octanol–water partition coefficient (Wildman–Crippen LogP) is 3.72. The topological polar surface area (TPSA) is 54.0 Å². The first kappa shape index (κ1) is 20.4. The molecule has 0 unspecified atom stereocenters. The minimum atomic E-state index is -4.35. The molecule has 2 aromatic rings. The van der Waals surface area contributed by atoms with Gasteiger partial charge in [0.1, 0.15) is 0 Å². The number of benzene rings is 1. The molecule has 0 fully saturated rings. The van der Waals surface area contributed by atoms with E-state index < -0.39 is 11.7 Å². The summed E-state index contributed by atoms with van der Waals surface area (Å²) in [6, 6.07) is 5.20. The van der Waals surface area contributed by atoms with E-state index in [2.05, 4.69) is 15.6 Å². The maximum absolute atomic E-state index is 12.7. The van der Waals surface area contributed by atoms with Gasteiger partial charge >= 0.3 is 6.18 Å². The first-order chi connectivity index (χ1) is 10.9. The number of alkyl halides is 3. The summed E-state index contributed by atoms with van der Waals surface area (Å²) in [5, 5.41) is 5.99. The SMILES string of the molecule is CNCCC(=O)Nc1ncc(Cc2cccc(C(F)(F)F)c2)s1.Cl. The van der Waals surface area contributed by atoms with Crippen LogP contribution in [0.15, 0.2) is 30.5 Å². The molecule has 0 atom stereocenters. The largest absolute Gasteiger partial charge is 0.416 e. The van der Waals surface area contributed by atoms with Crippen LogP contribution in [0, 0.1) is 0 Å². The second-order valence-corrected chi connectivity index (χ2v) is 6.02. The average molecular weight is 380 g/mol. The molecule has 0 aliphatic carbocycles. The lowest BCUT2D eigenvalue weighted by atomic mass is 10.1. The minimum absolute atomic E-state index is 0. The van der Waals surface area contributed by atoms with Gasteiger partial charge in [-0.1, -0.05) is 18.2 Å². The van der Waals surface area contributed by atoms with E-state index in [-0.39, 0.29) is 18.3 Å². The van der Waals surface area contributed by atoms with E-state index in [1.807, 2.05) is 0 Å². The summed E-state index contributed by atoms with van der Waals surface area (Å²) >= 11 is 1.26. The van der Waals surface area contributed by atoms with E-state index in [0.717, 1.165) is 17.0 Å². The second-order valence-electron chi connectivity index (χ2n) is 4.91. The molecule has 1 aromatic heterocycles. The Bertz CT molecular complexity index is 676. The van der Waals surface area contributed by atoms with E-state index in [1.165, 1.54) is 17.4 Å². The monoisotopic (exact) mass is 379 g/mol. The lowest BCUT2D eigenvalue weighted by Gasteiger charge is -2.07. The highest BCUT2D eigenvalue weighted by Gasteiger charge is 2.30. The van der Waals surface area contributed by atoms with Crippen molar-refractivity contribution in [2.24, 2.45) is 0 Å². The Morgan fingerprint density at radius 1 is 1.33 bits per heavy atom. The highest BCUT2D eigenvalue weighted by Crippen LogP contribution is 2.30. The number of carbonyl (C=O) groups is 1. The normalized spacial score (nSPS) is 11.0. The van der Waals surface area contributed by atoms with Crippen molar-refractivity contribution in [3.05, 3.63) is 46.5 Å². The number of carbonyl (C=O) groups excluding carboxylic acids is 1. The lowest BCUT2D eigenvalue weighted by Crippen LogP contribution is -2.18. The molecule has 24 heavy (non-hydrogen) atoms. The van der Waals surface area contributed by atoms with Gasteiger partial charge in [-0.05, 0) is 18.7 Å². The molecule has 1 aromatic carbocycles. The van der Waals surface area contributed by atoms with E-state index in [1.54, 1.807) is 19.3 Å². The van der Waals surface area contributed by atoms with Crippen molar-refractivity contribution in [2.75, 3.05) is 18.9 Å². The number of rotatable bonds is 6. The van der Waals surface area contributed by atoms with Gasteiger partial charge in [0.15, 0.2) is 5.13 Å². The van der Waals surface area contributed by atoms with E-state index in [0.29, 0.717) is 30.1 Å². The van der Waals surface area contributed by atoms with E-state index in [4.69, 9.17) is 0 Å². The third-order valence-electron chi connectivity index (χ3n) is 3.03. The molecule has 9 heteroatoms. The third-order valence-corrected chi connectivity index (χ3v) is 3.95. The fourth-order valence-electron chi connectivity index (χ4n) is 1.93. The maximum Gasteiger partial charge on any atom is 0.416 e. The van der Waals surface area contributed by atoms with Gasteiger partial charge in [-0.2, -0.15) is 13.2 Å². The minimum Gasteiger partial charge on any atom is -0.319 e. The van der Waals surface area contributed by atoms with Crippen LogP contribution in [0.25, 0.3) is 0 Å². The van der Waals surface area contributed by atoms with Crippen molar-refractivity contribution in [3.8, 4) is 0 Å². The Hall–Kier alpha value is -1.64. The Labute approximate surface area is 147 Å².